The first-order valence-corrected chi connectivity index (χ1v) is 13.0. The first-order valence-electron chi connectivity index (χ1n) is 10.8. The smallest absolute Gasteiger partial charge is 0.384 e. The van der Waals surface area contributed by atoms with Gasteiger partial charge in [-0.3, -0.25) is 4.57 Å². The van der Waals surface area contributed by atoms with Crippen LogP contribution in [-0.2, 0) is 21.6 Å². The molecule has 1 N–H and O–H groups in total. The Bertz CT molecular complexity index is 1560. The van der Waals surface area contributed by atoms with Crippen molar-refractivity contribution in [3.8, 4) is 28.2 Å². The van der Waals surface area contributed by atoms with Crippen molar-refractivity contribution in [3.63, 3.8) is 0 Å². The third-order valence-corrected chi connectivity index (χ3v) is 7.02. The minimum absolute atomic E-state index is 0.0335. The van der Waals surface area contributed by atoms with Crippen LogP contribution in [-0.4, -0.2) is 29.3 Å². The van der Waals surface area contributed by atoms with E-state index in [1.165, 1.54) is 54.9 Å². The van der Waals surface area contributed by atoms with Crippen LogP contribution in [0.4, 0.5) is 13.2 Å². The van der Waals surface area contributed by atoms with Crippen molar-refractivity contribution in [2.75, 3.05) is 6.26 Å². The molecule has 0 amide bonds. The van der Waals surface area contributed by atoms with Gasteiger partial charge in [-0.2, -0.15) is 13.2 Å². The highest BCUT2D eigenvalue weighted by Crippen LogP contribution is 2.39. The molecule has 36 heavy (non-hydrogen) atoms. The number of hydrogen-bond donors (Lipinski definition) is 1. The molecule has 188 valence electrons. The third kappa shape index (κ3) is 5.18. The van der Waals surface area contributed by atoms with E-state index < -0.39 is 27.2 Å². The number of sulfone groups is 1. The summed E-state index contributed by atoms with van der Waals surface area (Å²) in [6.07, 6.45) is -2.06. The summed E-state index contributed by atoms with van der Waals surface area (Å²) in [6, 6.07) is 16.3. The summed E-state index contributed by atoms with van der Waals surface area (Å²) in [5, 5.41) is 10.7. The van der Waals surface area contributed by atoms with E-state index in [0.717, 1.165) is 12.3 Å². The van der Waals surface area contributed by atoms with Gasteiger partial charge in [0.1, 0.15) is 11.4 Å². The zero-order chi connectivity index (χ0) is 26.5. The molecule has 4 rings (SSSR count). The second-order valence-electron chi connectivity index (χ2n) is 8.89. The second kappa shape index (κ2) is 9.06. The second-order valence-corrected chi connectivity index (χ2v) is 11.3. The standard InChI is InChI=1S/C26H22ClF3N2O3S/c1-25(2,33)23-15-32(24(31-23)19-9-4-5-10-20(19)26(28,29)30)22-12-11-17(14-21(22)27)16-7-6-8-18(13-16)36(3,34)35/h4-15,33H,1-3H3. The van der Waals surface area contributed by atoms with Gasteiger partial charge in [0, 0.05) is 18.0 Å². The van der Waals surface area contributed by atoms with Crippen molar-refractivity contribution in [2.24, 2.45) is 0 Å². The van der Waals surface area contributed by atoms with E-state index in [4.69, 9.17) is 11.6 Å². The van der Waals surface area contributed by atoms with Crippen LogP contribution in [0.5, 0.6) is 0 Å². The van der Waals surface area contributed by atoms with Crippen LogP contribution in [0.25, 0.3) is 28.2 Å². The maximum absolute atomic E-state index is 13.8. The molecule has 0 saturated carbocycles. The molecule has 5 nitrogen and oxygen atoms in total. The van der Waals surface area contributed by atoms with Crippen molar-refractivity contribution in [1.82, 2.24) is 9.55 Å². The molecule has 0 radical (unpaired) electrons. The van der Waals surface area contributed by atoms with Gasteiger partial charge in [-0.05, 0) is 55.3 Å². The van der Waals surface area contributed by atoms with Gasteiger partial charge in [0.15, 0.2) is 9.84 Å². The average molecular weight is 535 g/mol. The number of imidazole rings is 1. The monoisotopic (exact) mass is 534 g/mol. The fraction of sp³-hybridized carbons (Fsp3) is 0.192. The number of hydrogen-bond acceptors (Lipinski definition) is 4. The number of aliphatic hydroxyl groups is 1. The highest BCUT2D eigenvalue weighted by Gasteiger charge is 2.35. The maximum Gasteiger partial charge on any atom is 0.417 e. The molecule has 0 aliphatic carbocycles. The lowest BCUT2D eigenvalue weighted by molar-refractivity contribution is -0.137. The molecule has 0 atom stereocenters. The minimum Gasteiger partial charge on any atom is -0.384 e. The van der Waals surface area contributed by atoms with Crippen LogP contribution >= 0.6 is 11.6 Å². The van der Waals surface area contributed by atoms with E-state index in [1.54, 1.807) is 30.3 Å². The van der Waals surface area contributed by atoms with Gasteiger partial charge in [0.05, 0.1) is 26.9 Å². The molecule has 0 fully saturated rings. The predicted molar refractivity (Wildman–Crippen MR) is 133 cm³/mol. The first kappa shape index (κ1) is 25.9. The Hall–Kier alpha value is -3.14. The van der Waals surface area contributed by atoms with Crippen LogP contribution < -0.4 is 0 Å². The Morgan fingerprint density at radius 2 is 1.61 bits per heavy atom. The van der Waals surface area contributed by atoms with Crippen LogP contribution in [0.15, 0.2) is 77.8 Å². The molecule has 4 aromatic rings. The fourth-order valence-corrected chi connectivity index (χ4v) is 4.70. The van der Waals surface area contributed by atoms with E-state index in [0.29, 0.717) is 16.8 Å². The van der Waals surface area contributed by atoms with Gasteiger partial charge in [0.25, 0.3) is 0 Å². The SMILES string of the molecule is CC(C)(O)c1cn(-c2ccc(-c3cccc(S(C)(=O)=O)c3)cc2Cl)c(-c2ccccc2C(F)(F)F)n1. The Morgan fingerprint density at radius 3 is 2.22 bits per heavy atom. The molecule has 0 aliphatic heterocycles. The fourth-order valence-electron chi connectivity index (χ4n) is 3.76. The minimum atomic E-state index is -4.62. The van der Waals surface area contributed by atoms with E-state index in [2.05, 4.69) is 4.98 Å². The molecule has 1 aromatic heterocycles. The average Bonchev–Trinajstić information content (AvgIpc) is 3.24. The zero-order valence-corrected chi connectivity index (χ0v) is 21.1. The number of halogens is 4. The van der Waals surface area contributed by atoms with E-state index in [9.17, 15) is 26.7 Å². The Morgan fingerprint density at radius 1 is 0.944 bits per heavy atom. The highest BCUT2D eigenvalue weighted by molar-refractivity contribution is 7.90. The summed E-state index contributed by atoms with van der Waals surface area (Å²) in [6.45, 7) is 2.97. The molecule has 0 saturated heterocycles. The largest absolute Gasteiger partial charge is 0.417 e. The number of aromatic nitrogens is 2. The lowest BCUT2D eigenvalue weighted by Gasteiger charge is -2.15. The molecule has 1 heterocycles. The summed E-state index contributed by atoms with van der Waals surface area (Å²) in [7, 11) is -3.42. The van der Waals surface area contributed by atoms with Crippen molar-refractivity contribution in [2.45, 2.75) is 30.5 Å². The van der Waals surface area contributed by atoms with Gasteiger partial charge in [-0.1, -0.05) is 48.0 Å². The summed E-state index contributed by atoms with van der Waals surface area (Å²) in [5.41, 5.74) is -0.728. The zero-order valence-electron chi connectivity index (χ0n) is 19.5. The maximum atomic E-state index is 13.8. The summed E-state index contributed by atoms with van der Waals surface area (Å²) in [4.78, 5) is 4.50. The van der Waals surface area contributed by atoms with Gasteiger partial charge < -0.3 is 5.11 Å². The Kier molecular flexibility index (Phi) is 6.53. The summed E-state index contributed by atoms with van der Waals surface area (Å²) in [5.74, 6) is -0.0335. The number of nitrogens with zero attached hydrogens (tertiary/aromatic N) is 2. The van der Waals surface area contributed by atoms with Gasteiger partial charge in [-0.15, -0.1) is 0 Å². The van der Waals surface area contributed by atoms with Crippen LogP contribution in [0.1, 0.15) is 25.1 Å². The molecule has 0 unspecified atom stereocenters. The molecule has 3 aromatic carbocycles. The summed E-state index contributed by atoms with van der Waals surface area (Å²) >= 11 is 6.60. The molecule has 0 spiro atoms. The number of rotatable bonds is 5. The van der Waals surface area contributed by atoms with Crippen molar-refractivity contribution in [1.29, 1.82) is 0 Å². The predicted octanol–water partition coefficient (Wildman–Crippen LogP) is 6.51. The normalized spacial score (nSPS) is 12.7. The topological polar surface area (TPSA) is 72.2 Å². The van der Waals surface area contributed by atoms with Crippen LogP contribution in [0.2, 0.25) is 5.02 Å². The Labute approximate surface area is 211 Å². The molecular formula is C26H22ClF3N2O3S. The van der Waals surface area contributed by atoms with Crippen molar-refractivity contribution in [3.05, 3.63) is 89.2 Å². The number of alkyl halides is 3. The molecular weight excluding hydrogens is 513 g/mol. The highest BCUT2D eigenvalue weighted by atomic mass is 35.5. The molecule has 10 heteroatoms. The van der Waals surface area contributed by atoms with Gasteiger partial charge >= 0.3 is 6.18 Å². The number of benzene rings is 3. The molecule has 0 bridgehead atoms. The first-order chi connectivity index (χ1) is 16.7. The van der Waals surface area contributed by atoms with Crippen molar-refractivity contribution >= 4 is 21.4 Å². The van der Waals surface area contributed by atoms with Crippen LogP contribution in [0, 0.1) is 0 Å². The van der Waals surface area contributed by atoms with Crippen molar-refractivity contribution < 1.29 is 26.7 Å². The van der Waals surface area contributed by atoms with E-state index >= 15 is 0 Å². The lowest BCUT2D eigenvalue weighted by atomic mass is 10.0. The van der Waals surface area contributed by atoms with Gasteiger partial charge in [-0.25, -0.2) is 13.4 Å². The quantitative estimate of drug-likeness (QED) is 0.317. The Balaban J connectivity index is 1.90. The lowest BCUT2D eigenvalue weighted by Crippen LogP contribution is -2.15. The van der Waals surface area contributed by atoms with Crippen LogP contribution in [0.3, 0.4) is 0 Å². The van der Waals surface area contributed by atoms with Gasteiger partial charge in [0.2, 0.25) is 0 Å². The van der Waals surface area contributed by atoms with E-state index in [-0.39, 0.29) is 27.0 Å². The third-order valence-electron chi connectivity index (χ3n) is 5.61. The summed E-state index contributed by atoms with van der Waals surface area (Å²) < 4.78 is 66.7. The van der Waals surface area contributed by atoms with E-state index in [1.807, 2.05) is 0 Å². The molecule has 0 aliphatic rings.